The Hall–Kier alpha value is -1.03. The van der Waals surface area contributed by atoms with Crippen LogP contribution in [0.4, 0.5) is 13.2 Å². The van der Waals surface area contributed by atoms with Crippen molar-refractivity contribution in [2.45, 2.75) is 36.9 Å². The number of alkyl halides is 3. The van der Waals surface area contributed by atoms with E-state index in [0.29, 0.717) is 6.42 Å². The van der Waals surface area contributed by atoms with Crippen LogP contribution in [0.25, 0.3) is 0 Å². The van der Waals surface area contributed by atoms with Crippen molar-refractivity contribution >= 4 is 0 Å². The first-order chi connectivity index (χ1) is 7.37. The maximum atomic E-state index is 13.2. The minimum atomic E-state index is -4.28. The summed E-state index contributed by atoms with van der Waals surface area (Å²) >= 11 is 0. The fraction of sp³-hybridized carbons (Fsp3) is 0.500. The number of rotatable bonds is 2. The first kappa shape index (κ1) is 11.5. The Bertz CT molecular complexity index is 387. The van der Waals surface area contributed by atoms with Gasteiger partial charge >= 0.3 is 6.18 Å². The molecular formula is C12H14F3N. The van der Waals surface area contributed by atoms with Crippen molar-refractivity contribution in [3.63, 3.8) is 0 Å². The number of halogens is 3. The summed E-state index contributed by atoms with van der Waals surface area (Å²) < 4.78 is 39.6. The molecule has 2 atom stereocenters. The summed E-state index contributed by atoms with van der Waals surface area (Å²) in [6.45, 7) is 1.70. The fourth-order valence-corrected chi connectivity index (χ4v) is 2.51. The second-order valence-corrected chi connectivity index (χ2v) is 4.46. The van der Waals surface area contributed by atoms with E-state index in [0.717, 1.165) is 0 Å². The molecule has 0 aliphatic heterocycles. The number of hydrogen-bond donors (Lipinski definition) is 1. The summed E-state index contributed by atoms with van der Waals surface area (Å²) in [7, 11) is 0. The predicted molar refractivity (Wildman–Crippen MR) is 56.0 cm³/mol. The van der Waals surface area contributed by atoms with Crippen LogP contribution >= 0.6 is 0 Å². The molecule has 2 N–H and O–H groups in total. The van der Waals surface area contributed by atoms with Gasteiger partial charge in [-0.25, -0.2) is 0 Å². The highest BCUT2D eigenvalue weighted by Crippen LogP contribution is 2.65. The number of hydrogen-bond acceptors (Lipinski definition) is 1. The van der Waals surface area contributed by atoms with Gasteiger partial charge in [0.2, 0.25) is 0 Å². The smallest absolute Gasteiger partial charge is 0.324 e. The number of nitrogens with two attached hydrogens (primary N) is 1. The SMILES string of the molecule is CCC1(N)CC1(c1ccccc1)C(F)(F)F. The molecule has 2 unspecified atom stereocenters. The van der Waals surface area contributed by atoms with Gasteiger partial charge in [-0.05, 0) is 18.4 Å². The van der Waals surface area contributed by atoms with Crippen LogP contribution in [-0.4, -0.2) is 11.7 Å². The van der Waals surface area contributed by atoms with E-state index in [1.807, 2.05) is 0 Å². The lowest BCUT2D eigenvalue weighted by Gasteiger charge is -2.25. The van der Waals surface area contributed by atoms with Crippen molar-refractivity contribution in [2.24, 2.45) is 5.73 Å². The molecule has 1 aromatic rings. The Morgan fingerprint density at radius 3 is 2.19 bits per heavy atom. The quantitative estimate of drug-likeness (QED) is 0.828. The first-order valence-electron chi connectivity index (χ1n) is 5.28. The van der Waals surface area contributed by atoms with Gasteiger partial charge in [0.05, 0.1) is 0 Å². The fourth-order valence-electron chi connectivity index (χ4n) is 2.51. The molecule has 1 saturated carbocycles. The van der Waals surface area contributed by atoms with Crippen LogP contribution in [0.15, 0.2) is 30.3 Å². The monoisotopic (exact) mass is 229 g/mol. The highest BCUT2D eigenvalue weighted by Gasteiger charge is 2.78. The molecule has 0 radical (unpaired) electrons. The predicted octanol–water partition coefficient (Wildman–Crippen LogP) is 3.00. The van der Waals surface area contributed by atoms with E-state index in [1.165, 1.54) is 12.1 Å². The summed E-state index contributed by atoms with van der Waals surface area (Å²) in [6, 6.07) is 7.98. The van der Waals surface area contributed by atoms with Gasteiger partial charge in [-0.3, -0.25) is 0 Å². The van der Waals surface area contributed by atoms with Gasteiger partial charge in [0, 0.05) is 5.54 Å². The summed E-state index contributed by atoms with van der Waals surface area (Å²) in [5, 5.41) is 0. The molecule has 0 heterocycles. The molecular weight excluding hydrogens is 215 g/mol. The Morgan fingerprint density at radius 1 is 1.25 bits per heavy atom. The van der Waals surface area contributed by atoms with E-state index in [-0.39, 0.29) is 12.0 Å². The molecule has 1 aliphatic rings. The third kappa shape index (κ3) is 1.29. The molecule has 16 heavy (non-hydrogen) atoms. The molecule has 0 saturated heterocycles. The largest absolute Gasteiger partial charge is 0.400 e. The zero-order chi connectivity index (χ0) is 12.0. The van der Waals surface area contributed by atoms with Gasteiger partial charge in [0.25, 0.3) is 0 Å². The maximum Gasteiger partial charge on any atom is 0.400 e. The van der Waals surface area contributed by atoms with Crippen LogP contribution in [0.1, 0.15) is 25.3 Å². The summed E-state index contributed by atoms with van der Waals surface area (Å²) in [4.78, 5) is 0. The average molecular weight is 229 g/mol. The molecule has 1 nitrogen and oxygen atoms in total. The maximum absolute atomic E-state index is 13.2. The van der Waals surface area contributed by atoms with Crippen LogP contribution in [0, 0.1) is 0 Å². The second-order valence-electron chi connectivity index (χ2n) is 4.46. The van der Waals surface area contributed by atoms with Crippen molar-refractivity contribution < 1.29 is 13.2 Å². The van der Waals surface area contributed by atoms with E-state index < -0.39 is 17.1 Å². The van der Waals surface area contributed by atoms with Crippen LogP contribution < -0.4 is 5.73 Å². The Kier molecular flexibility index (Phi) is 2.31. The molecule has 2 rings (SSSR count). The van der Waals surface area contributed by atoms with Gasteiger partial charge in [0.1, 0.15) is 5.41 Å². The second kappa shape index (κ2) is 3.23. The normalized spacial score (nSPS) is 33.8. The van der Waals surface area contributed by atoms with Crippen molar-refractivity contribution in [1.29, 1.82) is 0 Å². The third-order valence-corrected chi connectivity index (χ3v) is 3.69. The van der Waals surface area contributed by atoms with Crippen LogP contribution in [0.5, 0.6) is 0 Å². The zero-order valence-electron chi connectivity index (χ0n) is 9.01. The van der Waals surface area contributed by atoms with E-state index in [2.05, 4.69) is 0 Å². The van der Waals surface area contributed by atoms with Crippen molar-refractivity contribution in [2.75, 3.05) is 0 Å². The third-order valence-electron chi connectivity index (χ3n) is 3.69. The van der Waals surface area contributed by atoms with Crippen molar-refractivity contribution in [3.8, 4) is 0 Å². The highest BCUT2D eigenvalue weighted by atomic mass is 19.4. The minimum Gasteiger partial charge on any atom is -0.324 e. The molecule has 4 heteroatoms. The van der Waals surface area contributed by atoms with E-state index in [1.54, 1.807) is 25.1 Å². The molecule has 0 spiro atoms. The zero-order valence-corrected chi connectivity index (χ0v) is 9.01. The molecule has 0 aromatic heterocycles. The minimum absolute atomic E-state index is 0.00991. The topological polar surface area (TPSA) is 26.0 Å². The number of benzene rings is 1. The lowest BCUT2D eigenvalue weighted by molar-refractivity contribution is -0.166. The molecule has 0 bridgehead atoms. The van der Waals surface area contributed by atoms with Crippen LogP contribution in [-0.2, 0) is 5.41 Å². The lowest BCUT2D eigenvalue weighted by Crippen LogP contribution is -2.42. The van der Waals surface area contributed by atoms with E-state index in [4.69, 9.17) is 5.73 Å². The first-order valence-corrected chi connectivity index (χ1v) is 5.28. The molecule has 1 aliphatic carbocycles. The molecule has 88 valence electrons. The van der Waals surface area contributed by atoms with E-state index in [9.17, 15) is 13.2 Å². The van der Waals surface area contributed by atoms with Gasteiger partial charge < -0.3 is 5.73 Å². The summed E-state index contributed by atoms with van der Waals surface area (Å²) in [5.74, 6) is 0. The van der Waals surface area contributed by atoms with E-state index >= 15 is 0 Å². The average Bonchev–Trinajstić information content (AvgIpc) is 2.88. The van der Waals surface area contributed by atoms with Crippen LogP contribution in [0.2, 0.25) is 0 Å². The molecule has 1 aromatic carbocycles. The standard InChI is InChI=1S/C12H14F3N/c1-2-10(16)8-11(10,12(13,14)15)9-6-4-3-5-7-9/h3-7H,2,8,16H2,1H3. The highest BCUT2D eigenvalue weighted by molar-refractivity contribution is 5.43. The Morgan fingerprint density at radius 2 is 1.81 bits per heavy atom. The molecule has 0 amide bonds. The Labute approximate surface area is 92.5 Å². The Balaban J connectivity index is 2.49. The lowest BCUT2D eigenvalue weighted by atomic mass is 9.89. The van der Waals surface area contributed by atoms with Crippen molar-refractivity contribution in [1.82, 2.24) is 0 Å². The van der Waals surface area contributed by atoms with Gasteiger partial charge in [0.15, 0.2) is 0 Å². The summed E-state index contributed by atoms with van der Waals surface area (Å²) in [5.41, 5.74) is 3.14. The van der Waals surface area contributed by atoms with Gasteiger partial charge in [-0.2, -0.15) is 13.2 Å². The van der Waals surface area contributed by atoms with Crippen molar-refractivity contribution in [3.05, 3.63) is 35.9 Å². The van der Waals surface area contributed by atoms with Gasteiger partial charge in [-0.15, -0.1) is 0 Å². The van der Waals surface area contributed by atoms with Gasteiger partial charge in [-0.1, -0.05) is 37.3 Å². The van der Waals surface area contributed by atoms with Crippen LogP contribution in [0.3, 0.4) is 0 Å². The molecule has 1 fully saturated rings. The summed E-state index contributed by atoms with van der Waals surface area (Å²) in [6.07, 6.45) is -3.95.